The summed E-state index contributed by atoms with van der Waals surface area (Å²) < 4.78 is 0. The Morgan fingerprint density at radius 1 is 0.806 bits per heavy atom. The Bertz CT molecular complexity index is 491. The minimum absolute atomic E-state index is 0. The molecule has 0 aliphatic carbocycles. The van der Waals surface area contributed by atoms with Crippen LogP contribution >= 0.6 is 29.7 Å². The Hall–Kier alpha value is -0.610. The molecule has 1 N–H and O–H groups in total. The molecule has 1 aliphatic heterocycles. The molecule has 1 aromatic carbocycles. The molecule has 0 fully saturated rings. The molecule has 1 heterocycles. The van der Waals surface area contributed by atoms with Crippen LogP contribution in [0, 0.1) is 0 Å². The van der Waals surface area contributed by atoms with E-state index < -0.39 is 0 Å². The number of aliphatic imine (C=N–C) groups is 1. The monoisotopic (exact) mass is 494 g/mol. The third-order valence-electron chi connectivity index (χ3n) is 3.05. The minimum Gasteiger partial charge on any atom is -0.352 e. The van der Waals surface area contributed by atoms with E-state index in [0.29, 0.717) is 12.1 Å². The predicted octanol–water partition coefficient (Wildman–Crippen LogP) is 7.90. The van der Waals surface area contributed by atoms with Gasteiger partial charge in [0.25, 0.3) is 5.91 Å². The van der Waals surface area contributed by atoms with Crippen molar-refractivity contribution in [3.8, 4) is 0 Å². The summed E-state index contributed by atoms with van der Waals surface area (Å²) in [5.74, 6) is -0.00639. The van der Waals surface area contributed by atoms with Crippen LogP contribution in [0.3, 0.4) is 0 Å². The van der Waals surface area contributed by atoms with Crippen LogP contribution < -0.4 is 5.32 Å². The van der Waals surface area contributed by atoms with Gasteiger partial charge in [-0.2, -0.15) is 29.7 Å². The van der Waals surface area contributed by atoms with Crippen LogP contribution in [0.5, 0.6) is 0 Å². The highest BCUT2D eigenvalue weighted by atomic mass is 31.0. The van der Waals surface area contributed by atoms with Crippen molar-refractivity contribution in [2.75, 3.05) is 13.1 Å². The quantitative estimate of drug-likeness (QED) is 0.425. The molecule has 188 valence electrons. The maximum atomic E-state index is 11.1. The van der Waals surface area contributed by atoms with E-state index in [-0.39, 0.29) is 35.6 Å². The Labute approximate surface area is 206 Å². The second kappa shape index (κ2) is 43.3. The third kappa shape index (κ3) is 29.4. The lowest BCUT2D eigenvalue weighted by Crippen LogP contribution is -2.22. The fourth-order valence-corrected chi connectivity index (χ4v) is 1.81. The highest BCUT2D eigenvalue weighted by Crippen LogP contribution is 2.09. The number of carbonyl (C=O) groups is 1. The smallest absolute Gasteiger partial charge is 0.251 e. The van der Waals surface area contributed by atoms with E-state index in [9.17, 15) is 4.79 Å². The van der Waals surface area contributed by atoms with Crippen LogP contribution in [0.25, 0.3) is 0 Å². The number of rotatable bonds is 4. The Balaban J connectivity index is -0.0000000527. The first kappa shape index (κ1) is 48.0. The van der Waals surface area contributed by atoms with Gasteiger partial charge in [0.05, 0.1) is 6.54 Å². The SMILES string of the molecule is CC.CC.CC.CC.CCC1=CC(CC)=NC1.CCNC(=O)c1ccccc1.P.P.P. The minimum atomic E-state index is -0.00639. The molecule has 0 saturated heterocycles. The van der Waals surface area contributed by atoms with Crippen LogP contribution in [0.2, 0.25) is 0 Å². The fourth-order valence-electron chi connectivity index (χ4n) is 1.81. The molecule has 0 radical (unpaired) electrons. The first-order valence-corrected chi connectivity index (χ1v) is 11.3. The molecule has 1 aromatic rings. The summed E-state index contributed by atoms with van der Waals surface area (Å²) in [6.07, 6.45) is 4.47. The van der Waals surface area contributed by atoms with Crippen molar-refractivity contribution in [3.63, 3.8) is 0 Å². The largest absolute Gasteiger partial charge is 0.352 e. The Morgan fingerprint density at radius 3 is 1.55 bits per heavy atom. The maximum absolute atomic E-state index is 11.1. The van der Waals surface area contributed by atoms with Crippen molar-refractivity contribution in [1.29, 1.82) is 0 Å². The van der Waals surface area contributed by atoms with Gasteiger partial charge in [-0.25, -0.2) is 0 Å². The fraction of sp³-hybridized carbons (Fsp3) is 0.600. The lowest BCUT2D eigenvalue weighted by molar-refractivity contribution is 0.0956. The number of nitrogens with zero attached hydrogens (tertiary/aromatic N) is 1. The van der Waals surface area contributed by atoms with Gasteiger partial charge in [0.2, 0.25) is 0 Å². The van der Waals surface area contributed by atoms with Crippen LogP contribution in [-0.2, 0) is 0 Å². The number of benzene rings is 1. The van der Waals surface area contributed by atoms with Crippen molar-refractivity contribution in [2.45, 2.75) is 89.0 Å². The normalized spacial score (nSPS) is 9.13. The average Bonchev–Trinajstić information content (AvgIpc) is 3.29. The van der Waals surface area contributed by atoms with E-state index in [1.165, 1.54) is 11.3 Å². The van der Waals surface area contributed by atoms with Crippen molar-refractivity contribution in [1.82, 2.24) is 5.32 Å². The molecule has 0 aromatic heterocycles. The van der Waals surface area contributed by atoms with Gasteiger partial charge >= 0.3 is 0 Å². The zero-order valence-corrected chi connectivity index (χ0v) is 27.0. The summed E-state index contributed by atoms with van der Waals surface area (Å²) in [5, 5.41) is 2.72. The van der Waals surface area contributed by atoms with Gasteiger partial charge < -0.3 is 5.32 Å². The number of hydrogen-bond acceptors (Lipinski definition) is 2. The summed E-state index contributed by atoms with van der Waals surface area (Å²) in [7, 11) is 0. The first-order valence-electron chi connectivity index (χ1n) is 11.3. The molecule has 3 atom stereocenters. The van der Waals surface area contributed by atoms with E-state index in [1.807, 2.05) is 80.5 Å². The van der Waals surface area contributed by atoms with Crippen LogP contribution in [-0.4, -0.2) is 24.7 Å². The molecule has 0 bridgehead atoms. The van der Waals surface area contributed by atoms with E-state index >= 15 is 0 Å². The zero-order chi connectivity index (χ0) is 22.8. The highest BCUT2D eigenvalue weighted by Gasteiger charge is 2.02. The van der Waals surface area contributed by atoms with Crippen molar-refractivity contribution >= 4 is 41.3 Å². The third-order valence-corrected chi connectivity index (χ3v) is 3.05. The maximum Gasteiger partial charge on any atom is 0.251 e. The van der Waals surface area contributed by atoms with E-state index in [0.717, 1.165) is 19.4 Å². The van der Waals surface area contributed by atoms with Gasteiger partial charge in [-0.05, 0) is 43.5 Å². The second-order valence-corrected chi connectivity index (χ2v) is 4.54. The number of carbonyl (C=O) groups excluding carboxylic acids is 1. The van der Waals surface area contributed by atoms with Crippen LogP contribution in [0.4, 0.5) is 0 Å². The summed E-state index contributed by atoms with van der Waals surface area (Å²) >= 11 is 0. The lowest BCUT2D eigenvalue weighted by atomic mass is 10.2. The Morgan fingerprint density at radius 2 is 1.26 bits per heavy atom. The van der Waals surface area contributed by atoms with Gasteiger partial charge in [-0.1, -0.05) is 87.4 Å². The van der Waals surface area contributed by atoms with Gasteiger partial charge in [-0.15, -0.1) is 0 Å². The molecule has 1 amide bonds. The second-order valence-electron chi connectivity index (χ2n) is 4.54. The molecule has 0 spiro atoms. The summed E-state index contributed by atoms with van der Waals surface area (Å²) in [5.41, 5.74) is 3.47. The number of nitrogens with one attached hydrogen (secondary N) is 1. The van der Waals surface area contributed by atoms with Gasteiger partial charge in [0.15, 0.2) is 0 Å². The molecule has 1 aliphatic rings. The van der Waals surface area contributed by atoms with Crippen LogP contribution in [0.15, 0.2) is 47.0 Å². The van der Waals surface area contributed by atoms with Crippen molar-refractivity contribution in [3.05, 3.63) is 47.5 Å². The molecular weight excluding hydrogens is 437 g/mol. The van der Waals surface area contributed by atoms with Gasteiger partial charge in [0, 0.05) is 17.8 Å². The molecule has 3 nitrogen and oxygen atoms in total. The predicted molar refractivity (Wildman–Crippen MR) is 164 cm³/mol. The average molecular weight is 495 g/mol. The number of amides is 1. The van der Waals surface area contributed by atoms with E-state index in [2.05, 4.69) is 30.2 Å². The number of hydrogen-bond donors (Lipinski definition) is 1. The molecular formula is C25H57N2OP3. The number of allylic oxidation sites excluding steroid dienone is 1. The lowest BCUT2D eigenvalue weighted by Gasteiger charge is -1.99. The van der Waals surface area contributed by atoms with E-state index in [1.54, 1.807) is 12.1 Å². The van der Waals surface area contributed by atoms with Crippen molar-refractivity contribution < 1.29 is 4.79 Å². The highest BCUT2D eigenvalue weighted by molar-refractivity contribution is 6.92. The molecule has 2 rings (SSSR count). The molecule has 3 unspecified atom stereocenters. The standard InChI is InChI=1S/C9H11NO.C8H13N.4C2H6.3H3P/c1-2-10-9(11)8-6-4-3-5-7-8;1-3-7-5-8(4-2)9-6-7;4*1-2;;;/h3-7H,2H2,1H3,(H,10,11);5H,3-4,6H2,1-2H3;4*1-2H3;3*1H3. The van der Waals surface area contributed by atoms with Crippen LogP contribution in [0.1, 0.15) is 99.4 Å². The van der Waals surface area contributed by atoms with Gasteiger partial charge in [0.1, 0.15) is 0 Å². The molecule has 0 saturated carbocycles. The van der Waals surface area contributed by atoms with E-state index in [4.69, 9.17) is 0 Å². The molecule has 6 heteroatoms. The first-order chi connectivity index (χ1) is 13.7. The van der Waals surface area contributed by atoms with Crippen molar-refractivity contribution in [2.24, 2.45) is 4.99 Å². The summed E-state index contributed by atoms with van der Waals surface area (Å²) in [4.78, 5) is 15.5. The Kier molecular flexibility index (Phi) is 67.0. The molecule has 31 heavy (non-hydrogen) atoms. The van der Waals surface area contributed by atoms with Gasteiger partial charge in [-0.3, -0.25) is 9.79 Å². The summed E-state index contributed by atoms with van der Waals surface area (Å²) in [6, 6.07) is 9.19. The summed E-state index contributed by atoms with van der Waals surface area (Å²) in [6.45, 7) is 23.9. The topological polar surface area (TPSA) is 41.5 Å². The zero-order valence-electron chi connectivity index (χ0n) is 22.8.